The molecule has 6 heteroatoms. The second-order valence-corrected chi connectivity index (χ2v) is 2.97. The number of imide groups is 1. The van der Waals surface area contributed by atoms with Gasteiger partial charge in [0.15, 0.2) is 0 Å². The monoisotopic (exact) mass is 204 g/mol. The summed E-state index contributed by atoms with van der Waals surface area (Å²) in [5, 5.41) is 4.53. The van der Waals surface area contributed by atoms with Gasteiger partial charge in [0, 0.05) is 6.42 Å². The lowest BCUT2D eigenvalue weighted by Crippen LogP contribution is -2.52. The maximum atomic E-state index is 11.1. The lowest BCUT2D eigenvalue weighted by atomic mass is 10.1. The first kappa shape index (κ1) is 9.98. The second-order valence-electron chi connectivity index (χ2n) is 2.70. The van der Waals surface area contributed by atoms with E-state index >= 15 is 0 Å². The Bertz CT molecular complexity index is 254. The molecule has 1 heterocycles. The van der Waals surface area contributed by atoms with Gasteiger partial charge in [0.2, 0.25) is 17.7 Å². The van der Waals surface area contributed by atoms with Crippen LogP contribution in [-0.4, -0.2) is 29.6 Å². The third kappa shape index (κ3) is 2.69. The maximum Gasteiger partial charge on any atom is 0.249 e. The van der Waals surface area contributed by atoms with E-state index in [1.165, 1.54) is 0 Å². The number of carbonyl (C=O) groups excluding carboxylic acids is 3. The smallest absolute Gasteiger partial charge is 0.249 e. The summed E-state index contributed by atoms with van der Waals surface area (Å²) in [5.41, 5.74) is 0. The molecule has 72 valence electrons. The molecule has 1 unspecified atom stereocenters. The Labute approximate surface area is 79.8 Å². The molecule has 1 rings (SSSR count). The van der Waals surface area contributed by atoms with Crippen LogP contribution in [0.5, 0.6) is 0 Å². The molecule has 0 saturated carbocycles. The number of carbonyl (C=O) groups is 3. The van der Waals surface area contributed by atoms with E-state index in [0.29, 0.717) is 6.42 Å². The molecule has 0 bridgehead atoms. The minimum Gasteiger partial charge on any atom is -0.343 e. The maximum absolute atomic E-state index is 11.1. The van der Waals surface area contributed by atoms with Crippen LogP contribution in [-0.2, 0) is 14.4 Å². The van der Waals surface area contributed by atoms with Crippen molar-refractivity contribution < 1.29 is 14.4 Å². The van der Waals surface area contributed by atoms with E-state index < -0.39 is 17.9 Å². The highest BCUT2D eigenvalue weighted by atomic mass is 35.5. The normalized spacial score (nSPS) is 22.4. The highest BCUT2D eigenvalue weighted by Gasteiger charge is 2.27. The first-order valence-electron chi connectivity index (χ1n) is 3.82. The average molecular weight is 205 g/mol. The zero-order valence-corrected chi connectivity index (χ0v) is 7.56. The third-order valence-corrected chi connectivity index (χ3v) is 1.94. The molecule has 13 heavy (non-hydrogen) atoms. The topological polar surface area (TPSA) is 75.3 Å². The number of hydrogen-bond donors (Lipinski definition) is 2. The fraction of sp³-hybridized carbons (Fsp3) is 0.571. The second kappa shape index (κ2) is 4.23. The molecule has 5 nitrogen and oxygen atoms in total. The Hall–Kier alpha value is -1.10. The zero-order chi connectivity index (χ0) is 9.84. The molecule has 0 aromatic carbocycles. The van der Waals surface area contributed by atoms with Crippen molar-refractivity contribution in [3.05, 3.63) is 0 Å². The van der Waals surface area contributed by atoms with Gasteiger partial charge in [-0.2, -0.15) is 0 Å². The molecule has 1 aliphatic rings. The first-order valence-corrected chi connectivity index (χ1v) is 4.36. The highest BCUT2D eigenvalue weighted by molar-refractivity contribution is 6.27. The fourth-order valence-electron chi connectivity index (χ4n) is 1.06. The van der Waals surface area contributed by atoms with Gasteiger partial charge in [-0.05, 0) is 6.42 Å². The van der Waals surface area contributed by atoms with Crippen molar-refractivity contribution in [2.45, 2.75) is 18.9 Å². The summed E-state index contributed by atoms with van der Waals surface area (Å²) in [6.45, 7) is 0. The van der Waals surface area contributed by atoms with Gasteiger partial charge in [0.25, 0.3) is 0 Å². The Morgan fingerprint density at radius 1 is 1.62 bits per heavy atom. The Morgan fingerprint density at radius 2 is 2.31 bits per heavy atom. The van der Waals surface area contributed by atoms with Crippen molar-refractivity contribution in [1.82, 2.24) is 10.6 Å². The Balaban J connectivity index is 2.47. The summed E-state index contributed by atoms with van der Waals surface area (Å²) in [4.78, 5) is 32.6. The summed E-state index contributed by atoms with van der Waals surface area (Å²) < 4.78 is 0. The van der Waals surface area contributed by atoms with E-state index in [9.17, 15) is 14.4 Å². The largest absolute Gasteiger partial charge is 0.343 e. The minimum absolute atomic E-state index is 0.183. The van der Waals surface area contributed by atoms with Crippen LogP contribution in [0.2, 0.25) is 0 Å². The summed E-state index contributed by atoms with van der Waals surface area (Å²) >= 11 is 5.24. The molecule has 1 saturated heterocycles. The van der Waals surface area contributed by atoms with Crippen LogP contribution in [0.3, 0.4) is 0 Å². The molecule has 0 aromatic rings. The molecule has 3 amide bonds. The molecule has 1 aliphatic heterocycles. The van der Waals surface area contributed by atoms with Gasteiger partial charge in [-0.1, -0.05) is 0 Å². The van der Waals surface area contributed by atoms with E-state index in [2.05, 4.69) is 10.6 Å². The number of piperidine rings is 1. The summed E-state index contributed by atoms with van der Waals surface area (Å²) in [5.74, 6) is -1.36. The molecule has 0 aromatic heterocycles. The molecule has 2 N–H and O–H groups in total. The number of halogens is 1. The Kier molecular flexibility index (Phi) is 3.25. The lowest BCUT2D eigenvalue weighted by Gasteiger charge is -2.21. The van der Waals surface area contributed by atoms with Crippen LogP contribution in [0.1, 0.15) is 12.8 Å². The SMILES string of the molecule is O=C1CCC(NC(=O)CCl)C(=O)N1. The van der Waals surface area contributed by atoms with Crippen molar-refractivity contribution in [2.24, 2.45) is 0 Å². The predicted molar refractivity (Wildman–Crippen MR) is 45.0 cm³/mol. The number of alkyl halides is 1. The van der Waals surface area contributed by atoms with Crippen LogP contribution >= 0.6 is 11.6 Å². The standard InChI is InChI=1S/C7H9ClN2O3/c8-3-6(12)9-4-1-2-5(11)10-7(4)13/h4H,1-3H2,(H,9,12)(H,10,11,13). The van der Waals surface area contributed by atoms with E-state index in [1.807, 2.05) is 0 Å². The van der Waals surface area contributed by atoms with Crippen LogP contribution < -0.4 is 10.6 Å². The quantitative estimate of drug-likeness (QED) is 0.454. The van der Waals surface area contributed by atoms with Crippen molar-refractivity contribution >= 4 is 29.3 Å². The minimum atomic E-state index is -0.621. The van der Waals surface area contributed by atoms with Gasteiger partial charge in [0.05, 0.1) is 0 Å². The van der Waals surface area contributed by atoms with E-state index in [0.717, 1.165) is 0 Å². The molecule has 0 aliphatic carbocycles. The molecule has 0 spiro atoms. The van der Waals surface area contributed by atoms with E-state index in [-0.39, 0.29) is 18.2 Å². The number of nitrogens with one attached hydrogen (secondary N) is 2. The fourth-order valence-corrected chi connectivity index (χ4v) is 1.14. The molecule has 0 radical (unpaired) electrons. The van der Waals surface area contributed by atoms with Crippen molar-refractivity contribution in [3.8, 4) is 0 Å². The molecular weight excluding hydrogens is 196 g/mol. The van der Waals surface area contributed by atoms with Crippen LogP contribution in [0.4, 0.5) is 0 Å². The van der Waals surface area contributed by atoms with Crippen LogP contribution in [0.15, 0.2) is 0 Å². The molecule has 1 atom stereocenters. The third-order valence-electron chi connectivity index (χ3n) is 1.70. The van der Waals surface area contributed by atoms with Gasteiger partial charge in [-0.3, -0.25) is 19.7 Å². The lowest BCUT2D eigenvalue weighted by molar-refractivity contribution is -0.136. The predicted octanol–water partition coefficient (Wildman–Crippen LogP) is -0.853. The first-order chi connectivity index (χ1) is 6.13. The van der Waals surface area contributed by atoms with E-state index in [4.69, 9.17) is 11.6 Å². The van der Waals surface area contributed by atoms with Gasteiger partial charge < -0.3 is 5.32 Å². The number of rotatable bonds is 2. The molecule has 1 fully saturated rings. The zero-order valence-electron chi connectivity index (χ0n) is 6.80. The summed E-state index contributed by atoms with van der Waals surface area (Å²) in [7, 11) is 0. The van der Waals surface area contributed by atoms with Crippen molar-refractivity contribution in [2.75, 3.05) is 5.88 Å². The van der Waals surface area contributed by atoms with Gasteiger partial charge >= 0.3 is 0 Å². The number of hydrogen-bond acceptors (Lipinski definition) is 3. The summed E-state index contributed by atoms with van der Waals surface area (Å²) in [6.07, 6.45) is 0.590. The van der Waals surface area contributed by atoms with Gasteiger partial charge in [0.1, 0.15) is 11.9 Å². The Morgan fingerprint density at radius 3 is 2.85 bits per heavy atom. The van der Waals surface area contributed by atoms with Gasteiger partial charge in [-0.25, -0.2) is 0 Å². The van der Waals surface area contributed by atoms with Crippen LogP contribution in [0.25, 0.3) is 0 Å². The molecular formula is C7H9ClN2O3. The average Bonchev–Trinajstić information content (AvgIpc) is 2.09. The van der Waals surface area contributed by atoms with E-state index in [1.54, 1.807) is 0 Å². The highest BCUT2D eigenvalue weighted by Crippen LogP contribution is 2.03. The van der Waals surface area contributed by atoms with Crippen molar-refractivity contribution in [1.29, 1.82) is 0 Å². The van der Waals surface area contributed by atoms with Gasteiger partial charge in [-0.15, -0.1) is 11.6 Å². The summed E-state index contributed by atoms with van der Waals surface area (Å²) in [6, 6.07) is -0.621. The number of amides is 3. The van der Waals surface area contributed by atoms with Crippen molar-refractivity contribution in [3.63, 3.8) is 0 Å². The van der Waals surface area contributed by atoms with Crippen LogP contribution in [0, 0.1) is 0 Å².